The minimum atomic E-state index is 0.802. The number of rotatable bonds is 6. The summed E-state index contributed by atoms with van der Waals surface area (Å²) in [4.78, 5) is 12.5. The molecule has 226 valence electrons. The van der Waals surface area contributed by atoms with Crippen LogP contribution < -0.4 is 4.90 Å². The number of aromatic nitrogens is 2. The van der Waals surface area contributed by atoms with E-state index in [4.69, 9.17) is 14.4 Å². The van der Waals surface area contributed by atoms with Crippen LogP contribution in [0.1, 0.15) is 0 Å². The van der Waals surface area contributed by atoms with E-state index in [1.54, 1.807) is 0 Å². The molecule has 0 aliphatic heterocycles. The summed E-state index contributed by atoms with van der Waals surface area (Å²) in [6.07, 6.45) is 0. The molecule has 0 saturated heterocycles. The van der Waals surface area contributed by atoms with Crippen LogP contribution in [0, 0.1) is 0 Å². The first-order chi connectivity index (χ1) is 23.8. The van der Waals surface area contributed by atoms with E-state index in [2.05, 4.69) is 126 Å². The molecule has 4 heteroatoms. The summed E-state index contributed by atoms with van der Waals surface area (Å²) in [5.41, 5.74) is 12.6. The van der Waals surface area contributed by atoms with Gasteiger partial charge >= 0.3 is 0 Å². The van der Waals surface area contributed by atoms with Crippen LogP contribution in [0.15, 0.2) is 180 Å². The Morgan fingerprint density at radius 2 is 0.938 bits per heavy atom. The molecule has 7 aromatic carbocycles. The van der Waals surface area contributed by atoms with Gasteiger partial charge in [-0.25, -0.2) is 9.97 Å². The molecule has 0 fully saturated rings. The summed E-state index contributed by atoms with van der Waals surface area (Å²) in [6.45, 7) is 0. The van der Waals surface area contributed by atoms with E-state index in [0.717, 1.165) is 72.5 Å². The molecule has 9 rings (SSSR count). The number of nitrogens with zero attached hydrogens (tertiary/aromatic N) is 3. The fourth-order valence-electron chi connectivity index (χ4n) is 6.58. The minimum Gasteiger partial charge on any atom is -0.456 e. The maximum atomic E-state index is 6.61. The fourth-order valence-corrected chi connectivity index (χ4v) is 6.58. The average molecular weight is 616 g/mol. The zero-order chi connectivity index (χ0) is 31.9. The summed E-state index contributed by atoms with van der Waals surface area (Å²) in [5.74, 6) is 0. The van der Waals surface area contributed by atoms with Crippen molar-refractivity contribution in [2.45, 2.75) is 0 Å². The van der Waals surface area contributed by atoms with Crippen LogP contribution in [0.2, 0.25) is 0 Å². The van der Waals surface area contributed by atoms with Crippen LogP contribution in [-0.4, -0.2) is 9.97 Å². The summed E-state index contributed by atoms with van der Waals surface area (Å²) < 4.78 is 6.61. The Kier molecular flexibility index (Phi) is 6.76. The molecule has 0 saturated carbocycles. The van der Waals surface area contributed by atoms with Crippen molar-refractivity contribution in [2.24, 2.45) is 0 Å². The number of hydrogen-bond acceptors (Lipinski definition) is 4. The van der Waals surface area contributed by atoms with Crippen molar-refractivity contribution in [1.29, 1.82) is 0 Å². The van der Waals surface area contributed by atoms with Gasteiger partial charge in [-0.3, -0.25) is 0 Å². The fraction of sp³-hybridized carbons (Fsp3) is 0. The normalized spacial score (nSPS) is 11.3. The van der Waals surface area contributed by atoms with Gasteiger partial charge in [-0.15, -0.1) is 0 Å². The number of hydrogen-bond donors (Lipinski definition) is 0. The minimum absolute atomic E-state index is 0.802. The molecule has 0 aliphatic carbocycles. The van der Waals surface area contributed by atoms with E-state index in [1.807, 2.05) is 54.6 Å². The first-order valence-electron chi connectivity index (χ1n) is 16.1. The molecule has 0 atom stereocenters. The number of fused-ring (bicyclic) bond motifs is 4. The predicted molar refractivity (Wildman–Crippen MR) is 198 cm³/mol. The van der Waals surface area contributed by atoms with Gasteiger partial charge in [0.25, 0.3) is 0 Å². The number of anilines is 3. The van der Waals surface area contributed by atoms with E-state index in [1.165, 1.54) is 11.1 Å². The van der Waals surface area contributed by atoms with Gasteiger partial charge in [-0.05, 0) is 71.8 Å². The Morgan fingerprint density at radius 1 is 0.396 bits per heavy atom. The highest BCUT2D eigenvalue weighted by Crippen LogP contribution is 2.44. The zero-order valence-corrected chi connectivity index (χ0v) is 26.0. The summed E-state index contributed by atoms with van der Waals surface area (Å²) in [7, 11) is 0. The summed E-state index contributed by atoms with van der Waals surface area (Å²) in [6, 6.07) is 60.7. The van der Waals surface area contributed by atoms with Gasteiger partial charge in [0.05, 0.1) is 33.5 Å². The zero-order valence-electron chi connectivity index (χ0n) is 26.0. The molecule has 0 N–H and O–H groups in total. The van der Waals surface area contributed by atoms with E-state index in [0.29, 0.717) is 0 Å². The molecule has 0 radical (unpaired) electrons. The molecule has 0 amide bonds. The Bertz CT molecular complexity index is 2540. The van der Waals surface area contributed by atoms with Gasteiger partial charge in [0, 0.05) is 27.9 Å². The van der Waals surface area contributed by atoms with Gasteiger partial charge < -0.3 is 9.32 Å². The molecule has 0 bridgehead atoms. The van der Waals surface area contributed by atoms with Crippen LogP contribution in [0.3, 0.4) is 0 Å². The van der Waals surface area contributed by atoms with Crippen molar-refractivity contribution >= 4 is 50.0 Å². The van der Waals surface area contributed by atoms with Gasteiger partial charge in [-0.1, -0.05) is 115 Å². The summed E-state index contributed by atoms with van der Waals surface area (Å²) >= 11 is 0. The molecule has 9 aromatic rings. The van der Waals surface area contributed by atoms with Gasteiger partial charge in [0.15, 0.2) is 0 Å². The van der Waals surface area contributed by atoms with E-state index >= 15 is 0 Å². The maximum Gasteiger partial charge on any atom is 0.137 e. The monoisotopic (exact) mass is 615 g/mol. The van der Waals surface area contributed by atoms with Crippen LogP contribution >= 0.6 is 0 Å². The third-order valence-electron chi connectivity index (χ3n) is 8.85. The lowest BCUT2D eigenvalue weighted by atomic mass is 10.0. The first kappa shape index (κ1) is 27.8. The van der Waals surface area contributed by atoms with E-state index in [-0.39, 0.29) is 0 Å². The topological polar surface area (TPSA) is 42.2 Å². The Labute approximate surface area is 278 Å². The lowest BCUT2D eigenvalue weighted by Crippen LogP contribution is -2.10. The molecule has 0 aliphatic rings. The van der Waals surface area contributed by atoms with Gasteiger partial charge in [0.2, 0.25) is 0 Å². The Hall–Kier alpha value is -6.52. The van der Waals surface area contributed by atoms with Crippen LogP contribution in [0.4, 0.5) is 17.1 Å². The third-order valence-corrected chi connectivity index (χ3v) is 8.85. The van der Waals surface area contributed by atoms with Crippen LogP contribution in [0.5, 0.6) is 0 Å². The van der Waals surface area contributed by atoms with Crippen LogP contribution in [-0.2, 0) is 0 Å². The van der Waals surface area contributed by atoms with Gasteiger partial charge in [0.1, 0.15) is 11.2 Å². The van der Waals surface area contributed by atoms with Gasteiger partial charge in [-0.2, -0.15) is 0 Å². The SMILES string of the molecule is c1ccc(-c2ccc(N(c3ccccc3)c3cccc4oc5cc(-c6nc7ccccc7nc6-c6ccccc6)ccc5c34)cc2)cc1. The van der Waals surface area contributed by atoms with Crippen LogP contribution in [0.25, 0.3) is 66.6 Å². The number of para-hydroxylation sites is 3. The number of benzene rings is 7. The maximum absolute atomic E-state index is 6.61. The lowest BCUT2D eigenvalue weighted by molar-refractivity contribution is 0.669. The van der Waals surface area contributed by atoms with Crippen molar-refractivity contribution < 1.29 is 4.42 Å². The molecule has 0 unspecified atom stereocenters. The standard InChI is InChI=1S/C44H29N3O/c1-4-13-30(14-5-1)31-23-26-35(27-24-31)47(34-17-8-3-9-18-34)39-21-12-22-40-42(39)36-28-25-33(29-41(36)48-40)44-43(32-15-6-2-7-16-32)45-37-19-10-11-20-38(37)46-44/h1-29H. The molecule has 2 aromatic heterocycles. The smallest absolute Gasteiger partial charge is 0.137 e. The second-order valence-corrected chi connectivity index (χ2v) is 11.8. The molecular formula is C44H29N3O. The largest absolute Gasteiger partial charge is 0.456 e. The highest BCUT2D eigenvalue weighted by molar-refractivity contribution is 6.14. The average Bonchev–Trinajstić information content (AvgIpc) is 3.54. The highest BCUT2D eigenvalue weighted by Gasteiger charge is 2.21. The summed E-state index contributed by atoms with van der Waals surface area (Å²) in [5, 5.41) is 2.10. The van der Waals surface area contributed by atoms with Crippen molar-refractivity contribution in [2.75, 3.05) is 4.90 Å². The lowest BCUT2D eigenvalue weighted by Gasteiger charge is -2.26. The predicted octanol–water partition coefficient (Wildman–Crippen LogP) is 12.0. The van der Waals surface area contributed by atoms with Crippen molar-refractivity contribution in [1.82, 2.24) is 9.97 Å². The van der Waals surface area contributed by atoms with E-state index in [9.17, 15) is 0 Å². The third kappa shape index (κ3) is 4.88. The van der Waals surface area contributed by atoms with Crippen molar-refractivity contribution in [3.63, 3.8) is 0 Å². The highest BCUT2D eigenvalue weighted by atomic mass is 16.3. The quantitative estimate of drug-likeness (QED) is 0.187. The number of furan rings is 1. The van der Waals surface area contributed by atoms with E-state index < -0.39 is 0 Å². The molecule has 0 spiro atoms. The molecular weight excluding hydrogens is 587 g/mol. The Morgan fingerprint density at radius 3 is 1.62 bits per heavy atom. The van der Waals surface area contributed by atoms with Crippen molar-refractivity contribution in [3.8, 4) is 33.6 Å². The molecule has 2 heterocycles. The second kappa shape index (κ2) is 11.7. The van der Waals surface area contributed by atoms with Crippen molar-refractivity contribution in [3.05, 3.63) is 176 Å². The first-order valence-corrected chi connectivity index (χ1v) is 16.1. The Balaban J connectivity index is 1.21. The molecule has 48 heavy (non-hydrogen) atoms. The molecule has 4 nitrogen and oxygen atoms in total. The second-order valence-electron chi connectivity index (χ2n) is 11.8.